The number of aromatic nitrogens is 2. The molecule has 1 atom stereocenters. The third kappa shape index (κ3) is 3.04. The first-order valence-corrected chi connectivity index (χ1v) is 8.80. The normalized spacial score (nSPS) is 16.5. The SMILES string of the molecule is CSc1ncc(CNC(=O)C[C@@H]2CCc3ccccc32)n1C. The van der Waals surface area contributed by atoms with Crippen LogP contribution in [0.2, 0.25) is 0 Å². The molecule has 0 saturated heterocycles. The van der Waals surface area contributed by atoms with Crippen molar-refractivity contribution in [2.75, 3.05) is 6.26 Å². The van der Waals surface area contributed by atoms with Gasteiger partial charge >= 0.3 is 0 Å². The Morgan fingerprint density at radius 1 is 1.45 bits per heavy atom. The molecule has 1 aliphatic carbocycles. The van der Waals surface area contributed by atoms with Crippen molar-refractivity contribution in [1.29, 1.82) is 0 Å². The van der Waals surface area contributed by atoms with E-state index in [1.165, 1.54) is 11.1 Å². The lowest BCUT2D eigenvalue weighted by Gasteiger charge is -2.12. The van der Waals surface area contributed by atoms with Crippen molar-refractivity contribution in [2.45, 2.75) is 36.9 Å². The summed E-state index contributed by atoms with van der Waals surface area (Å²) in [4.78, 5) is 16.5. The number of imidazole rings is 1. The Hall–Kier alpha value is -1.75. The Kier molecular flexibility index (Phi) is 4.52. The number of nitrogens with one attached hydrogen (secondary N) is 1. The Morgan fingerprint density at radius 2 is 2.27 bits per heavy atom. The van der Waals surface area contributed by atoms with E-state index in [1.807, 2.05) is 24.1 Å². The van der Waals surface area contributed by atoms with Gasteiger partial charge in [-0.05, 0) is 36.1 Å². The Morgan fingerprint density at radius 3 is 3.05 bits per heavy atom. The molecule has 0 aliphatic heterocycles. The molecule has 3 rings (SSSR count). The van der Waals surface area contributed by atoms with E-state index < -0.39 is 0 Å². The lowest BCUT2D eigenvalue weighted by molar-refractivity contribution is -0.121. The number of aryl methyl sites for hydroxylation is 1. The van der Waals surface area contributed by atoms with Gasteiger partial charge in [-0.3, -0.25) is 4.79 Å². The number of nitrogens with zero attached hydrogens (tertiary/aromatic N) is 2. The number of benzene rings is 1. The molecule has 0 saturated carbocycles. The topological polar surface area (TPSA) is 46.9 Å². The molecule has 1 N–H and O–H groups in total. The predicted molar refractivity (Wildman–Crippen MR) is 89.0 cm³/mol. The second kappa shape index (κ2) is 6.57. The molecule has 1 aromatic carbocycles. The second-order valence-electron chi connectivity index (χ2n) is 5.71. The smallest absolute Gasteiger partial charge is 0.220 e. The van der Waals surface area contributed by atoms with Gasteiger partial charge in [-0.15, -0.1) is 0 Å². The summed E-state index contributed by atoms with van der Waals surface area (Å²) in [7, 11) is 1.98. The summed E-state index contributed by atoms with van der Waals surface area (Å²) in [6.07, 6.45) is 6.57. The third-order valence-corrected chi connectivity index (χ3v) is 5.12. The summed E-state index contributed by atoms with van der Waals surface area (Å²) in [6, 6.07) is 8.47. The quantitative estimate of drug-likeness (QED) is 0.863. The standard InChI is InChI=1S/C17H21N3OS/c1-20-14(11-19-17(20)22-2)10-18-16(21)9-13-8-7-12-5-3-4-6-15(12)13/h3-6,11,13H,7-10H2,1-2H3,(H,18,21)/t13-/m0/s1. The highest BCUT2D eigenvalue weighted by Gasteiger charge is 2.24. The van der Waals surface area contributed by atoms with Crippen LogP contribution in [0.5, 0.6) is 0 Å². The van der Waals surface area contributed by atoms with Crippen molar-refractivity contribution in [3.8, 4) is 0 Å². The van der Waals surface area contributed by atoms with Gasteiger partial charge in [-0.1, -0.05) is 36.0 Å². The van der Waals surface area contributed by atoms with E-state index in [0.717, 1.165) is 23.7 Å². The molecule has 0 radical (unpaired) electrons. The molecule has 5 heteroatoms. The first-order valence-electron chi connectivity index (χ1n) is 7.58. The van der Waals surface area contributed by atoms with Crippen LogP contribution in [0.3, 0.4) is 0 Å². The second-order valence-corrected chi connectivity index (χ2v) is 6.48. The number of amides is 1. The van der Waals surface area contributed by atoms with Gasteiger partial charge in [0.25, 0.3) is 0 Å². The fourth-order valence-electron chi connectivity index (χ4n) is 3.12. The summed E-state index contributed by atoms with van der Waals surface area (Å²) in [6.45, 7) is 0.539. The lowest BCUT2D eigenvalue weighted by atomic mass is 9.97. The highest BCUT2D eigenvalue weighted by atomic mass is 32.2. The minimum absolute atomic E-state index is 0.119. The Balaban J connectivity index is 1.56. The zero-order valence-electron chi connectivity index (χ0n) is 13.0. The van der Waals surface area contributed by atoms with Crippen LogP contribution in [-0.2, 0) is 24.8 Å². The van der Waals surface area contributed by atoms with Crippen LogP contribution in [0.15, 0.2) is 35.6 Å². The van der Waals surface area contributed by atoms with Crippen LogP contribution in [0, 0.1) is 0 Å². The molecule has 1 amide bonds. The number of fused-ring (bicyclic) bond motifs is 1. The maximum absolute atomic E-state index is 12.2. The van der Waals surface area contributed by atoms with E-state index in [4.69, 9.17) is 0 Å². The van der Waals surface area contributed by atoms with E-state index in [0.29, 0.717) is 18.9 Å². The van der Waals surface area contributed by atoms with Gasteiger partial charge in [0.15, 0.2) is 5.16 Å². The van der Waals surface area contributed by atoms with Crippen LogP contribution in [-0.4, -0.2) is 21.7 Å². The molecule has 4 nitrogen and oxygen atoms in total. The molecular formula is C17H21N3OS. The van der Waals surface area contributed by atoms with E-state index in [1.54, 1.807) is 11.8 Å². The van der Waals surface area contributed by atoms with Gasteiger partial charge in [-0.25, -0.2) is 4.98 Å². The third-order valence-electron chi connectivity index (χ3n) is 4.38. The van der Waals surface area contributed by atoms with E-state index >= 15 is 0 Å². The molecule has 116 valence electrons. The molecule has 1 heterocycles. The molecular weight excluding hydrogens is 294 g/mol. The highest BCUT2D eigenvalue weighted by Crippen LogP contribution is 2.35. The zero-order valence-corrected chi connectivity index (χ0v) is 13.8. The maximum atomic E-state index is 12.2. The minimum atomic E-state index is 0.119. The largest absolute Gasteiger partial charge is 0.350 e. The van der Waals surface area contributed by atoms with Crippen LogP contribution < -0.4 is 5.32 Å². The van der Waals surface area contributed by atoms with Gasteiger partial charge in [0.1, 0.15) is 0 Å². The maximum Gasteiger partial charge on any atom is 0.220 e. The summed E-state index contributed by atoms with van der Waals surface area (Å²) in [5.74, 6) is 0.484. The van der Waals surface area contributed by atoms with Crippen molar-refractivity contribution >= 4 is 17.7 Å². The fourth-order valence-corrected chi connectivity index (χ4v) is 3.67. The zero-order chi connectivity index (χ0) is 15.5. The Bertz CT molecular complexity index is 680. The summed E-state index contributed by atoms with van der Waals surface area (Å²) in [5, 5.41) is 3.99. The van der Waals surface area contributed by atoms with Crippen LogP contribution in [0.25, 0.3) is 0 Å². The number of hydrogen-bond acceptors (Lipinski definition) is 3. The number of hydrogen-bond donors (Lipinski definition) is 1. The predicted octanol–water partition coefficient (Wildman–Crippen LogP) is 2.88. The van der Waals surface area contributed by atoms with E-state index in [-0.39, 0.29) is 5.91 Å². The lowest BCUT2D eigenvalue weighted by Crippen LogP contribution is -2.25. The van der Waals surface area contributed by atoms with Gasteiger partial charge in [0, 0.05) is 13.5 Å². The van der Waals surface area contributed by atoms with E-state index in [9.17, 15) is 4.79 Å². The molecule has 0 fully saturated rings. The molecule has 1 aromatic heterocycles. The molecule has 0 spiro atoms. The Labute approximate surface area is 135 Å². The first-order chi connectivity index (χ1) is 10.7. The van der Waals surface area contributed by atoms with Crippen molar-refractivity contribution in [2.24, 2.45) is 7.05 Å². The van der Waals surface area contributed by atoms with Gasteiger partial charge < -0.3 is 9.88 Å². The highest BCUT2D eigenvalue weighted by molar-refractivity contribution is 7.98. The number of thioether (sulfide) groups is 1. The molecule has 22 heavy (non-hydrogen) atoms. The first kappa shape index (κ1) is 15.2. The number of carbonyl (C=O) groups is 1. The molecule has 0 bridgehead atoms. The van der Waals surface area contributed by atoms with Crippen LogP contribution in [0.4, 0.5) is 0 Å². The number of carbonyl (C=O) groups excluding carboxylic acids is 1. The number of rotatable bonds is 5. The monoisotopic (exact) mass is 315 g/mol. The van der Waals surface area contributed by atoms with Crippen LogP contribution in [0.1, 0.15) is 35.6 Å². The average molecular weight is 315 g/mol. The van der Waals surface area contributed by atoms with Crippen molar-refractivity contribution in [3.63, 3.8) is 0 Å². The van der Waals surface area contributed by atoms with Crippen molar-refractivity contribution < 1.29 is 4.79 Å². The molecule has 2 aromatic rings. The summed E-state index contributed by atoms with van der Waals surface area (Å²) < 4.78 is 2.02. The van der Waals surface area contributed by atoms with Gasteiger partial charge in [-0.2, -0.15) is 0 Å². The minimum Gasteiger partial charge on any atom is -0.350 e. The van der Waals surface area contributed by atoms with Gasteiger partial charge in [0.2, 0.25) is 5.91 Å². The molecule has 0 unspecified atom stereocenters. The summed E-state index contributed by atoms with van der Waals surface area (Å²) in [5.41, 5.74) is 3.78. The van der Waals surface area contributed by atoms with Crippen LogP contribution >= 0.6 is 11.8 Å². The fraction of sp³-hybridized carbons (Fsp3) is 0.412. The van der Waals surface area contributed by atoms with Crippen molar-refractivity contribution in [3.05, 3.63) is 47.3 Å². The summed E-state index contributed by atoms with van der Waals surface area (Å²) >= 11 is 1.61. The van der Waals surface area contributed by atoms with Gasteiger partial charge in [0.05, 0.1) is 18.4 Å². The van der Waals surface area contributed by atoms with Crippen molar-refractivity contribution in [1.82, 2.24) is 14.9 Å². The average Bonchev–Trinajstić information content (AvgIpc) is 3.09. The van der Waals surface area contributed by atoms with E-state index in [2.05, 4.69) is 34.6 Å². The molecule has 1 aliphatic rings.